The van der Waals surface area contributed by atoms with Crippen LogP contribution in [0.2, 0.25) is 0 Å². The molecule has 1 fully saturated rings. The molecule has 1 aliphatic carbocycles. The molecule has 0 amide bonds. The standard InChI is InChI=1S/C21H20O7/c1-4-27-21(24)14-11(10-8-6-5-7-9-10)12-13(14)18-16(20(23)26-3)15(17(12)28-18)19(22)25-2/h5-9,12-13,17-18H,4H2,1-3H3/t12-,13-,17-,18+/m1/s1. The zero-order chi connectivity index (χ0) is 20.0. The van der Waals surface area contributed by atoms with E-state index in [1.807, 2.05) is 30.3 Å². The van der Waals surface area contributed by atoms with Crippen LogP contribution < -0.4 is 0 Å². The SMILES string of the molecule is CCOC(=O)C1=C(c2ccccc2)[C@@H]2[C@H]1[C@@H]1O[C@H]2C(C(=O)OC)=C1C(=O)OC. The minimum absolute atomic E-state index is 0.134. The Kier molecular flexibility index (Phi) is 4.55. The molecule has 0 unspecified atom stereocenters. The van der Waals surface area contributed by atoms with Crippen molar-refractivity contribution in [1.29, 1.82) is 0 Å². The summed E-state index contributed by atoms with van der Waals surface area (Å²) in [5.41, 5.74) is 2.47. The molecule has 7 nitrogen and oxygen atoms in total. The molecule has 2 aliphatic heterocycles. The first-order chi connectivity index (χ1) is 13.5. The number of esters is 3. The molecule has 0 spiro atoms. The molecule has 146 valence electrons. The first kappa shape index (κ1) is 18.4. The molecule has 2 bridgehead atoms. The van der Waals surface area contributed by atoms with Crippen LogP contribution in [0.15, 0.2) is 47.1 Å². The summed E-state index contributed by atoms with van der Waals surface area (Å²) >= 11 is 0. The largest absolute Gasteiger partial charge is 0.466 e. The van der Waals surface area contributed by atoms with Gasteiger partial charge < -0.3 is 18.9 Å². The fraction of sp³-hybridized carbons (Fsp3) is 0.381. The van der Waals surface area contributed by atoms with Gasteiger partial charge in [0, 0.05) is 17.4 Å². The quantitative estimate of drug-likeness (QED) is 0.564. The van der Waals surface area contributed by atoms with Crippen molar-refractivity contribution >= 4 is 23.5 Å². The number of benzene rings is 1. The summed E-state index contributed by atoms with van der Waals surface area (Å²) in [4.78, 5) is 37.4. The Labute approximate surface area is 161 Å². The monoisotopic (exact) mass is 384 g/mol. The minimum atomic E-state index is -0.733. The number of hydrogen-bond donors (Lipinski definition) is 0. The van der Waals surface area contributed by atoms with Crippen molar-refractivity contribution in [3.05, 3.63) is 52.6 Å². The Morgan fingerprint density at radius 2 is 1.43 bits per heavy atom. The lowest BCUT2D eigenvalue weighted by molar-refractivity contribution is -0.141. The van der Waals surface area contributed by atoms with E-state index >= 15 is 0 Å². The van der Waals surface area contributed by atoms with Gasteiger partial charge in [-0.2, -0.15) is 0 Å². The molecule has 3 aliphatic rings. The van der Waals surface area contributed by atoms with E-state index in [0.717, 1.165) is 11.1 Å². The lowest BCUT2D eigenvalue weighted by atomic mass is 9.58. The number of methoxy groups -OCH3 is 2. The van der Waals surface area contributed by atoms with Crippen molar-refractivity contribution in [2.45, 2.75) is 19.1 Å². The Morgan fingerprint density at radius 1 is 0.857 bits per heavy atom. The van der Waals surface area contributed by atoms with Crippen LogP contribution in [0.3, 0.4) is 0 Å². The summed E-state index contributed by atoms with van der Waals surface area (Å²) < 4.78 is 21.0. The van der Waals surface area contributed by atoms with Crippen molar-refractivity contribution in [1.82, 2.24) is 0 Å². The van der Waals surface area contributed by atoms with Gasteiger partial charge in [0.25, 0.3) is 0 Å². The van der Waals surface area contributed by atoms with Gasteiger partial charge in [0.15, 0.2) is 0 Å². The van der Waals surface area contributed by atoms with E-state index < -0.39 is 30.1 Å². The van der Waals surface area contributed by atoms with Crippen molar-refractivity contribution < 1.29 is 33.3 Å². The molecule has 7 heteroatoms. The van der Waals surface area contributed by atoms with Gasteiger partial charge in [0.1, 0.15) is 0 Å². The normalized spacial score (nSPS) is 27.2. The molecular weight excluding hydrogens is 364 g/mol. The first-order valence-electron chi connectivity index (χ1n) is 9.07. The molecule has 4 rings (SSSR count). The number of rotatable bonds is 5. The van der Waals surface area contributed by atoms with E-state index in [9.17, 15) is 14.4 Å². The van der Waals surface area contributed by atoms with Gasteiger partial charge in [0.05, 0.1) is 44.2 Å². The van der Waals surface area contributed by atoms with E-state index in [-0.39, 0.29) is 29.6 Å². The average molecular weight is 384 g/mol. The second-order valence-corrected chi connectivity index (χ2v) is 6.75. The first-order valence-corrected chi connectivity index (χ1v) is 9.07. The number of carbonyl (C=O) groups excluding carboxylic acids is 3. The highest BCUT2D eigenvalue weighted by molar-refractivity contribution is 6.09. The van der Waals surface area contributed by atoms with Crippen molar-refractivity contribution in [2.75, 3.05) is 20.8 Å². The van der Waals surface area contributed by atoms with Crippen LogP contribution in [0.4, 0.5) is 0 Å². The highest BCUT2D eigenvalue weighted by Gasteiger charge is 2.66. The third kappa shape index (κ3) is 2.43. The molecule has 28 heavy (non-hydrogen) atoms. The van der Waals surface area contributed by atoms with Gasteiger partial charge in [-0.3, -0.25) is 0 Å². The maximum absolute atomic E-state index is 12.7. The molecule has 1 aromatic rings. The van der Waals surface area contributed by atoms with Crippen LogP contribution >= 0.6 is 0 Å². The van der Waals surface area contributed by atoms with Gasteiger partial charge >= 0.3 is 17.9 Å². The van der Waals surface area contributed by atoms with Crippen molar-refractivity contribution in [2.24, 2.45) is 11.8 Å². The van der Waals surface area contributed by atoms with Crippen molar-refractivity contribution in [3.8, 4) is 0 Å². The summed E-state index contributed by atoms with van der Waals surface area (Å²) in [5, 5.41) is 0. The molecular formula is C21H20O7. The number of carbonyl (C=O) groups is 3. The molecule has 0 aromatic heterocycles. The predicted octanol–water partition coefficient (Wildman–Crippen LogP) is 1.67. The van der Waals surface area contributed by atoms with Crippen LogP contribution in [0.25, 0.3) is 5.57 Å². The minimum Gasteiger partial charge on any atom is -0.466 e. The van der Waals surface area contributed by atoms with E-state index in [2.05, 4.69) is 0 Å². The van der Waals surface area contributed by atoms with E-state index in [4.69, 9.17) is 18.9 Å². The highest BCUT2D eigenvalue weighted by atomic mass is 16.6. The number of hydrogen-bond acceptors (Lipinski definition) is 7. The highest BCUT2D eigenvalue weighted by Crippen LogP contribution is 2.62. The molecule has 0 saturated carbocycles. The van der Waals surface area contributed by atoms with Crippen molar-refractivity contribution in [3.63, 3.8) is 0 Å². The molecule has 0 radical (unpaired) electrons. The van der Waals surface area contributed by atoms with E-state index in [0.29, 0.717) is 5.57 Å². The van der Waals surface area contributed by atoms with Crippen LogP contribution in [-0.4, -0.2) is 50.9 Å². The van der Waals surface area contributed by atoms with Crippen LogP contribution in [0, 0.1) is 11.8 Å². The second-order valence-electron chi connectivity index (χ2n) is 6.75. The third-order valence-electron chi connectivity index (χ3n) is 5.54. The van der Waals surface area contributed by atoms with E-state index in [1.165, 1.54) is 14.2 Å². The van der Waals surface area contributed by atoms with Gasteiger partial charge in [-0.05, 0) is 18.1 Å². The summed E-state index contributed by atoms with van der Waals surface area (Å²) in [5.74, 6) is -2.29. The zero-order valence-electron chi connectivity index (χ0n) is 15.8. The van der Waals surface area contributed by atoms with Crippen LogP contribution in [0.1, 0.15) is 12.5 Å². The smallest absolute Gasteiger partial charge is 0.337 e. The Morgan fingerprint density at radius 3 is 1.96 bits per heavy atom. The molecule has 2 heterocycles. The van der Waals surface area contributed by atoms with Crippen LogP contribution in [-0.2, 0) is 33.3 Å². The fourth-order valence-electron chi connectivity index (χ4n) is 4.52. The lowest BCUT2D eigenvalue weighted by Gasteiger charge is -2.41. The topological polar surface area (TPSA) is 88.1 Å². The lowest BCUT2D eigenvalue weighted by Crippen LogP contribution is -2.45. The third-order valence-corrected chi connectivity index (χ3v) is 5.54. The maximum atomic E-state index is 12.7. The van der Waals surface area contributed by atoms with Gasteiger partial charge in [-0.15, -0.1) is 0 Å². The summed E-state index contributed by atoms with van der Waals surface area (Å²) in [7, 11) is 2.50. The maximum Gasteiger partial charge on any atom is 0.337 e. The molecule has 1 aromatic carbocycles. The zero-order valence-corrected chi connectivity index (χ0v) is 15.8. The average Bonchev–Trinajstić information content (AvgIpc) is 3.20. The van der Waals surface area contributed by atoms with Gasteiger partial charge in [-0.25, -0.2) is 14.4 Å². The Balaban J connectivity index is 1.83. The molecule has 1 saturated heterocycles. The Bertz CT molecular complexity index is 912. The summed E-state index contributed by atoms with van der Waals surface area (Å²) in [6.07, 6.45) is -1.40. The van der Waals surface area contributed by atoms with E-state index in [1.54, 1.807) is 6.92 Å². The summed E-state index contributed by atoms with van der Waals surface area (Å²) in [6, 6.07) is 9.45. The second kappa shape index (κ2) is 6.91. The molecule has 0 N–H and O–H groups in total. The summed E-state index contributed by atoms with van der Waals surface area (Å²) in [6.45, 7) is 1.98. The number of ether oxygens (including phenoxy) is 4. The molecule has 4 atom stereocenters. The number of fused-ring (bicyclic) bond motifs is 5. The van der Waals surface area contributed by atoms with Gasteiger partial charge in [-0.1, -0.05) is 30.3 Å². The predicted molar refractivity (Wildman–Crippen MR) is 96.7 cm³/mol. The van der Waals surface area contributed by atoms with Crippen LogP contribution in [0.5, 0.6) is 0 Å². The fourth-order valence-corrected chi connectivity index (χ4v) is 4.52. The van der Waals surface area contributed by atoms with Gasteiger partial charge in [0.2, 0.25) is 0 Å². The Hall–Kier alpha value is -2.93.